The van der Waals surface area contributed by atoms with E-state index < -0.39 is 22.7 Å². The van der Waals surface area contributed by atoms with Gasteiger partial charge in [0.15, 0.2) is 0 Å². The van der Waals surface area contributed by atoms with Gasteiger partial charge in [-0.2, -0.15) is 0 Å². The van der Waals surface area contributed by atoms with Crippen molar-refractivity contribution < 1.29 is 22.5 Å². The third-order valence-electron chi connectivity index (χ3n) is 5.68. The molecule has 180 valence electrons. The van der Waals surface area contributed by atoms with Crippen molar-refractivity contribution in [2.45, 2.75) is 44.6 Å². The Kier molecular flexibility index (Phi) is 9.23. The Bertz CT molecular complexity index is 1010. The Balaban J connectivity index is 0.000000189. The first-order valence-electron chi connectivity index (χ1n) is 11.0. The number of amides is 1. The van der Waals surface area contributed by atoms with Gasteiger partial charge in [0.1, 0.15) is 28.4 Å². The van der Waals surface area contributed by atoms with Gasteiger partial charge in [0.25, 0.3) is 5.91 Å². The monoisotopic (exact) mass is 498 g/mol. The van der Waals surface area contributed by atoms with Crippen LogP contribution in [0.25, 0.3) is 0 Å². The first-order valence-corrected chi connectivity index (χ1v) is 12.9. The molecule has 2 aromatic carbocycles. The average molecular weight is 499 g/mol. The highest BCUT2D eigenvalue weighted by Crippen LogP contribution is 2.45. The molecule has 1 saturated heterocycles. The third-order valence-corrected chi connectivity index (χ3v) is 6.50. The first-order chi connectivity index (χ1) is 15.8. The second kappa shape index (κ2) is 11.9. The Morgan fingerprint density at radius 2 is 1.88 bits per heavy atom. The van der Waals surface area contributed by atoms with Gasteiger partial charge in [0.05, 0.1) is 12.7 Å². The fraction of sp³-hybridized carbons (Fsp3) is 0.458. The molecule has 2 aliphatic rings. The number of ether oxygens (including phenoxy) is 1. The zero-order chi connectivity index (χ0) is 24.0. The van der Waals surface area contributed by atoms with E-state index in [4.69, 9.17) is 16.3 Å². The summed E-state index contributed by atoms with van der Waals surface area (Å²) in [6.45, 7) is 3.11. The molecule has 0 bridgehead atoms. The summed E-state index contributed by atoms with van der Waals surface area (Å²) < 4.78 is 44.8. The van der Waals surface area contributed by atoms with Gasteiger partial charge < -0.3 is 4.74 Å². The van der Waals surface area contributed by atoms with E-state index >= 15 is 0 Å². The maximum atomic E-state index is 13.8. The van der Waals surface area contributed by atoms with Crippen molar-refractivity contribution in [3.05, 3.63) is 63.7 Å². The van der Waals surface area contributed by atoms with Gasteiger partial charge in [-0.1, -0.05) is 24.1 Å². The smallest absolute Gasteiger partial charge is 0.265 e. The number of piperidine rings is 1. The number of hydrogen-bond acceptors (Lipinski definition) is 4. The van der Waals surface area contributed by atoms with Crippen LogP contribution in [0.1, 0.15) is 59.5 Å². The minimum absolute atomic E-state index is 0.0899. The summed E-state index contributed by atoms with van der Waals surface area (Å²) in [5.74, 6) is -0.803. The lowest BCUT2D eigenvalue weighted by atomic mass is 10.0. The minimum Gasteiger partial charge on any atom is -0.496 e. The fourth-order valence-corrected chi connectivity index (χ4v) is 4.43. The lowest BCUT2D eigenvalue weighted by Gasteiger charge is -2.26. The van der Waals surface area contributed by atoms with Crippen molar-refractivity contribution in [2.24, 2.45) is 0 Å². The molecule has 5 nitrogen and oxygen atoms in total. The highest BCUT2D eigenvalue weighted by atomic mass is 35.5. The standard InChI is InChI=1S/C12H15ClFN.C12H14FNO3S/c13-12-8-11(14)5-4-10(12)9-15-6-2-1-3-7-15;1-17-11-6-10(13)9(12(15)14-18(2)16)5-8(11)7-3-4-7/h4-5,8H,1-3,6-7,9H2;5-7H,3-4H2,1-2H3,(H,14,15). The molecule has 0 aromatic heterocycles. The number of nitrogens with zero attached hydrogens (tertiary/aromatic N) is 1. The number of benzene rings is 2. The van der Waals surface area contributed by atoms with Gasteiger partial charge in [-0.3, -0.25) is 14.4 Å². The van der Waals surface area contributed by atoms with E-state index in [1.165, 1.54) is 56.9 Å². The summed E-state index contributed by atoms with van der Waals surface area (Å²) in [6.07, 6.45) is 7.21. The molecule has 1 atom stereocenters. The zero-order valence-corrected chi connectivity index (χ0v) is 20.4. The van der Waals surface area contributed by atoms with Crippen molar-refractivity contribution in [3.8, 4) is 5.75 Å². The SMILES string of the molecule is COc1cc(F)c(C(=O)NS(C)=O)cc1C1CC1.Fc1ccc(CN2CCCCC2)c(Cl)c1. The molecule has 1 aliphatic heterocycles. The molecule has 1 N–H and O–H groups in total. The third kappa shape index (κ3) is 7.48. The number of likely N-dealkylation sites (tertiary alicyclic amines) is 1. The van der Waals surface area contributed by atoms with Crippen molar-refractivity contribution in [2.75, 3.05) is 26.5 Å². The molecule has 0 spiro atoms. The topological polar surface area (TPSA) is 58.6 Å². The predicted molar refractivity (Wildman–Crippen MR) is 127 cm³/mol. The van der Waals surface area contributed by atoms with Crippen LogP contribution in [-0.2, 0) is 17.5 Å². The van der Waals surface area contributed by atoms with Gasteiger partial charge >= 0.3 is 0 Å². The maximum absolute atomic E-state index is 13.8. The molecule has 0 radical (unpaired) electrons. The van der Waals surface area contributed by atoms with Crippen LogP contribution >= 0.6 is 11.6 Å². The van der Waals surface area contributed by atoms with Crippen molar-refractivity contribution >= 4 is 28.5 Å². The normalized spacial score (nSPS) is 17.0. The van der Waals surface area contributed by atoms with E-state index in [0.29, 0.717) is 16.7 Å². The molecule has 1 amide bonds. The lowest BCUT2D eigenvalue weighted by molar-refractivity contribution is 0.0979. The van der Waals surface area contributed by atoms with Crippen LogP contribution < -0.4 is 9.46 Å². The van der Waals surface area contributed by atoms with Gasteiger partial charge in [-0.15, -0.1) is 0 Å². The molecule has 1 heterocycles. The second-order valence-corrected chi connectivity index (χ2v) is 9.83. The summed E-state index contributed by atoms with van der Waals surface area (Å²) in [6, 6.07) is 7.35. The molecule has 4 rings (SSSR count). The number of halogens is 3. The summed E-state index contributed by atoms with van der Waals surface area (Å²) in [4.78, 5) is 14.1. The molecule has 1 saturated carbocycles. The largest absolute Gasteiger partial charge is 0.496 e. The van der Waals surface area contributed by atoms with E-state index in [2.05, 4.69) is 9.62 Å². The van der Waals surface area contributed by atoms with Crippen LogP contribution in [0, 0.1) is 11.6 Å². The molecule has 1 unspecified atom stereocenters. The summed E-state index contributed by atoms with van der Waals surface area (Å²) in [5.41, 5.74) is 1.78. The highest BCUT2D eigenvalue weighted by molar-refractivity contribution is 7.82. The van der Waals surface area contributed by atoms with E-state index in [0.717, 1.165) is 43.6 Å². The van der Waals surface area contributed by atoms with Crippen LogP contribution in [0.15, 0.2) is 30.3 Å². The average Bonchev–Trinajstić information content (AvgIpc) is 3.61. The Morgan fingerprint density at radius 3 is 2.45 bits per heavy atom. The van der Waals surface area contributed by atoms with E-state index in [1.54, 1.807) is 6.07 Å². The van der Waals surface area contributed by atoms with Gasteiger partial charge in [0.2, 0.25) is 0 Å². The van der Waals surface area contributed by atoms with Gasteiger partial charge in [-0.05, 0) is 74.0 Å². The number of carbonyl (C=O) groups excluding carboxylic acids is 1. The van der Waals surface area contributed by atoms with Crippen LogP contribution in [0.3, 0.4) is 0 Å². The Hall–Kier alpha value is -2.03. The van der Waals surface area contributed by atoms with Crippen LogP contribution in [0.2, 0.25) is 5.02 Å². The predicted octanol–water partition coefficient (Wildman–Crippen LogP) is 5.20. The number of methoxy groups -OCH3 is 1. The van der Waals surface area contributed by atoms with E-state index in [1.807, 2.05) is 0 Å². The maximum Gasteiger partial charge on any atom is 0.265 e. The number of nitrogens with one attached hydrogen (secondary N) is 1. The molecular weight excluding hydrogens is 470 g/mol. The van der Waals surface area contributed by atoms with Crippen molar-refractivity contribution in [3.63, 3.8) is 0 Å². The van der Waals surface area contributed by atoms with Crippen LogP contribution in [0.5, 0.6) is 5.75 Å². The van der Waals surface area contributed by atoms with Crippen LogP contribution in [-0.4, -0.2) is 41.5 Å². The number of rotatable bonds is 6. The first kappa shape index (κ1) is 25.6. The van der Waals surface area contributed by atoms with E-state index in [-0.39, 0.29) is 11.4 Å². The zero-order valence-electron chi connectivity index (χ0n) is 18.8. The number of carbonyl (C=O) groups is 1. The van der Waals surface area contributed by atoms with Gasteiger partial charge in [-0.25, -0.2) is 13.0 Å². The Labute approximate surface area is 201 Å². The quantitative estimate of drug-likeness (QED) is 0.594. The Morgan fingerprint density at radius 1 is 1.18 bits per heavy atom. The van der Waals surface area contributed by atoms with Crippen molar-refractivity contribution in [1.82, 2.24) is 9.62 Å². The van der Waals surface area contributed by atoms with Gasteiger partial charge in [0, 0.05) is 23.9 Å². The second-order valence-electron chi connectivity index (χ2n) is 8.31. The lowest BCUT2D eigenvalue weighted by Crippen LogP contribution is -2.29. The summed E-state index contributed by atoms with van der Waals surface area (Å²) >= 11 is 5.98. The number of hydrogen-bond donors (Lipinski definition) is 1. The molecular formula is C24H29ClF2N2O3S. The highest BCUT2D eigenvalue weighted by Gasteiger charge is 2.29. The molecule has 2 aromatic rings. The van der Waals surface area contributed by atoms with Crippen molar-refractivity contribution in [1.29, 1.82) is 0 Å². The van der Waals surface area contributed by atoms with E-state index in [9.17, 15) is 17.8 Å². The summed E-state index contributed by atoms with van der Waals surface area (Å²) in [5, 5.41) is 0.542. The minimum atomic E-state index is -1.51. The fourth-order valence-electron chi connectivity index (χ4n) is 3.83. The molecule has 1 aliphatic carbocycles. The molecule has 2 fully saturated rings. The summed E-state index contributed by atoms with van der Waals surface area (Å²) in [7, 11) is -0.0370. The van der Waals surface area contributed by atoms with Crippen LogP contribution in [0.4, 0.5) is 8.78 Å². The molecule has 9 heteroatoms. The molecule has 33 heavy (non-hydrogen) atoms.